The van der Waals surface area contributed by atoms with Gasteiger partial charge in [-0.3, -0.25) is 4.79 Å². The van der Waals surface area contributed by atoms with Gasteiger partial charge in [0, 0.05) is 32.7 Å². The number of hydrogen-bond donors (Lipinski definition) is 2. The lowest BCUT2D eigenvalue weighted by atomic mass is 10.2. The van der Waals surface area contributed by atoms with Crippen LogP contribution in [0.1, 0.15) is 19.8 Å². The summed E-state index contributed by atoms with van der Waals surface area (Å²) in [7, 11) is 2.07. The van der Waals surface area contributed by atoms with Crippen LogP contribution in [-0.2, 0) is 4.79 Å². The molecular weight excluding hydrogens is 218 g/mol. The molecule has 0 radical (unpaired) electrons. The van der Waals surface area contributed by atoms with E-state index in [0.717, 1.165) is 39.0 Å². The van der Waals surface area contributed by atoms with Crippen LogP contribution >= 0.6 is 0 Å². The van der Waals surface area contributed by atoms with E-state index in [1.54, 1.807) is 0 Å². The van der Waals surface area contributed by atoms with Crippen molar-refractivity contribution in [2.45, 2.75) is 25.9 Å². The van der Waals surface area contributed by atoms with Gasteiger partial charge >= 0.3 is 0 Å². The Bertz CT molecular complexity index is 228. The number of aliphatic hydroxyl groups excluding tert-OH is 1. The first kappa shape index (κ1) is 14.4. The molecule has 1 saturated heterocycles. The Morgan fingerprint density at radius 1 is 1.35 bits per heavy atom. The molecule has 1 atom stereocenters. The first-order valence-electron chi connectivity index (χ1n) is 6.48. The molecule has 1 unspecified atom stereocenters. The zero-order valence-electron chi connectivity index (χ0n) is 11.0. The van der Waals surface area contributed by atoms with Crippen LogP contribution in [0.2, 0.25) is 0 Å². The number of likely N-dealkylation sites (N-methyl/N-ethyl adjacent to an activating group) is 1. The lowest BCUT2D eigenvalue weighted by Crippen LogP contribution is -2.50. The minimum Gasteiger partial charge on any atom is -0.392 e. The van der Waals surface area contributed by atoms with Crippen LogP contribution < -0.4 is 5.32 Å². The standard InChI is InChI=1S/C12H25N3O2/c1-3-4-11(16)9-13-10-12(17)15-7-5-14(2)6-8-15/h11,13,16H,3-10H2,1-2H3. The molecule has 0 aromatic carbocycles. The molecule has 17 heavy (non-hydrogen) atoms. The number of rotatable bonds is 6. The van der Waals surface area contributed by atoms with E-state index in [4.69, 9.17) is 0 Å². The van der Waals surface area contributed by atoms with E-state index in [0.29, 0.717) is 13.1 Å². The van der Waals surface area contributed by atoms with Crippen LogP contribution in [-0.4, -0.2) is 73.2 Å². The SMILES string of the molecule is CCCC(O)CNCC(=O)N1CCN(C)CC1. The number of carbonyl (C=O) groups is 1. The second-order valence-electron chi connectivity index (χ2n) is 4.76. The summed E-state index contributed by atoms with van der Waals surface area (Å²) in [4.78, 5) is 15.9. The van der Waals surface area contributed by atoms with Crippen LogP contribution in [0.25, 0.3) is 0 Å². The number of nitrogens with one attached hydrogen (secondary N) is 1. The van der Waals surface area contributed by atoms with Crippen molar-refractivity contribution in [3.63, 3.8) is 0 Å². The maximum absolute atomic E-state index is 11.8. The quantitative estimate of drug-likeness (QED) is 0.661. The molecular formula is C12H25N3O2. The summed E-state index contributed by atoms with van der Waals surface area (Å²) in [6.45, 7) is 6.41. The van der Waals surface area contributed by atoms with Crippen molar-refractivity contribution >= 4 is 5.91 Å². The Labute approximate surface area is 104 Å². The second kappa shape index (κ2) is 7.63. The molecule has 1 fully saturated rings. The molecule has 0 spiro atoms. The topological polar surface area (TPSA) is 55.8 Å². The van der Waals surface area contributed by atoms with Gasteiger partial charge in [-0.15, -0.1) is 0 Å². The molecule has 5 nitrogen and oxygen atoms in total. The molecule has 0 aromatic rings. The normalized spacial score (nSPS) is 19.4. The minimum atomic E-state index is -0.333. The summed E-state index contributed by atoms with van der Waals surface area (Å²) < 4.78 is 0. The summed E-state index contributed by atoms with van der Waals surface area (Å²) >= 11 is 0. The van der Waals surface area contributed by atoms with Crippen molar-refractivity contribution in [1.82, 2.24) is 15.1 Å². The van der Waals surface area contributed by atoms with Crippen molar-refractivity contribution in [3.8, 4) is 0 Å². The van der Waals surface area contributed by atoms with Gasteiger partial charge in [0.15, 0.2) is 0 Å². The predicted octanol–water partition coefficient (Wildman–Crippen LogP) is -0.489. The number of piperazine rings is 1. The minimum absolute atomic E-state index is 0.141. The lowest BCUT2D eigenvalue weighted by molar-refractivity contribution is -0.131. The molecule has 0 aliphatic carbocycles. The first-order valence-corrected chi connectivity index (χ1v) is 6.48. The fraction of sp³-hybridized carbons (Fsp3) is 0.917. The third-order valence-corrected chi connectivity index (χ3v) is 3.13. The van der Waals surface area contributed by atoms with Crippen LogP contribution in [0.3, 0.4) is 0 Å². The molecule has 0 saturated carbocycles. The molecule has 2 N–H and O–H groups in total. The lowest BCUT2D eigenvalue weighted by Gasteiger charge is -2.32. The van der Waals surface area contributed by atoms with Gasteiger partial charge in [0.2, 0.25) is 5.91 Å². The van der Waals surface area contributed by atoms with Crippen molar-refractivity contribution in [3.05, 3.63) is 0 Å². The van der Waals surface area contributed by atoms with Gasteiger partial charge in [-0.25, -0.2) is 0 Å². The number of carbonyl (C=O) groups excluding carboxylic acids is 1. The molecule has 1 heterocycles. The molecule has 0 aromatic heterocycles. The van der Waals surface area contributed by atoms with Gasteiger partial charge in [-0.2, -0.15) is 0 Å². The van der Waals surface area contributed by atoms with E-state index in [-0.39, 0.29) is 12.0 Å². The molecule has 1 amide bonds. The number of aliphatic hydroxyl groups is 1. The number of hydrogen-bond acceptors (Lipinski definition) is 4. The maximum Gasteiger partial charge on any atom is 0.236 e. The average molecular weight is 243 g/mol. The summed E-state index contributed by atoms with van der Waals surface area (Å²) in [5.74, 6) is 0.141. The molecule has 100 valence electrons. The number of nitrogens with zero attached hydrogens (tertiary/aromatic N) is 2. The summed E-state index contributed by atoms with van der Waals surface area (Å²) in [6, 6.07) is 0. The third kappa shape index (κ3) is 5.48. The first-order chi connectivity index (χ1) is 8.13. The van der Waals surface area contributed by atoms with Crippen molar-refractivity contribution in [2.75, 3.05) is 46.3 Å². The van der Waals surface area contributed by atoms with E-state index < -0.39 is 0 Å². The molecule has 5 heteroatoms. The predicted molar refractivity (Wildman–Crippen MR) is 67.9 cm³/mol. The number of amides is 1. The van der Waals surface area contributed by atoms with E-state index in [1.165, 1.54) is 0 Å². The van der Waals surface area contributed by atoms with E-state index in [2.05, 4.69) is 17.3 Å². The van der Waals surface area contributed by atoms with Gasteiger partial charge in [-0.05, 0) is 13.5 Å². The molecule has 1 aliphatic heterocycles. The summed E-state index contributed by atoms with van der Waals surface area (Å²) in [6.07, 6.45) is 1.42. The fourth-order valence-electron chi connectivity index (χ4n) is 1.95. The van der Waals surface area contributed by atoms with Crippen molar-refractivity contribution in [1.29, 1.82) is 0 Å². The highest BCUT2D eigenvalue weighted by molar-refractivity contribution is 5.78. The monoisotopic (exact) mass is 243 g/mol. The Hall–Kier alpha value is -0.650. The van der Waals surface area contributed by atoms with Gasteiger partial charge in [0.25, 0.3) is 0 Å². The van der Waals surface area contributed by atoms with Gasteiger partial charge in [-0.1, -0.05) is 13.3 Å². The maximum atomic E-state index is 11.8. The third-order valence-electron chi connectivity index (χ3n) is 3.13. The molecule has 0 bridgehead atoms. The van der Waals surface area contributed by atoms with Crippen LogP contribution in [0.5, 0.6) is 0 Å². The highest BCUT2D eigenvalue weighted by Gasteiger charge is 2.18. The zero-order valence-corrected chi connectivity index (χ0v) is 11.0. The Morgan fingerprint density at radius 3 is 2.59 bits per heavy atom. The highest BCUT2D eigenvalue weighted by Crippen LogP contribution is 1.99. The Kier molecular flexibility index (Phi) is 6.47. The Morgan fingerprint density at radius 2 is 2.00 bits per heavy atom. The van der Waals surface area contributed by atoms with E-state index >= 15 is 0 Å². The van der Waals surface area contributed by atoms with Gasteiger partial charge in [0.1, 0.15) is 0 Å². The van der Waals surface area contributed by atoms with Crippen molar-refractivity contribution < 1.29 is 9.90 Å². The zero-order chi connectivity index (χ0) is 12.7. The Balaban J connectivity index is 2.12. The summed E-state index contributed by atoms with van der Waals surface area (Å²) in [5.41, 5.74) is 0. The fourth-order valence-corrected chi connectivity index (χ4v) is 1.95. The van der Waals surface area contributed by atoms with Crippen LogP contribution in [0.15, 0.2) is 0 Å². The second-order valence-corrected chi connectivity index (χ2v) is 4.76. The highest BCUT2D eigenvalue weighted by atomic mass is 16.3. The van der Waals surface area contributed by atoms with Gasteiger partial charge < -0.3 is 20.2 Å². The van der Waals surface area contributed by atoms with Crippen LogP contribution in [0, 0.1) is 0 Å². The largest absolute Gasteiger partial charge is 0.392 e. The van der Waals surface area contributed by atoms with Crippen LogP contribution in [0.4, 0.5) is 0 Å². The van der Waals surface area contributed by atoms with Crippen molar-refractivity contribution in [2.24, 2.45) is 0 Å². The van der Waals surface area contributed by atoms with E-state index in [9.17, 15) is 9.90 Å². The smallest absolute Gasteiger partial charge is 0.236 e. The van der Waals surface area contributed by atoms with E-state index in [1.807, 2.05) is 11.8 Å². The molecule has 1 aliphatic rings. The summed E-state index contributed by atoms with van der Waals surface area (Å²) in [5, 5.41) is 12.5. The molecule has 1 rings (SSSR count). The average Bonchev–Trinajstić information content (AvgIpc) is 2.30. The van der Waals surface area contributed by atoms with Gasteiger partial charge in [0.05, 0.1) is 12.6 Å².